The quantitative estimate of drug-likeness (QED) is 0.710. The normalized spacial score (nSPS) is 10.1. The van der Waals surface area contributed by atoms with Crippen molar-refractivity contribution in [2.24, 2.45) is 0 Å². The van der Waals surface area contributed by atoms with Crippen molar-refractivity contribution in [1.29, 1.82) is 0 Å². The molecule has 0 fully saturated rings. The monoisotopic (exact) mass is 200 g/mol. The number of rotatable bonds is 4. The Morgan fingerprint density at radius 1 is 1.00 bits per heavy atom. The Morgan fingerprint density at radius 3 is 2.47 bits per heavy atom. The summed E-state index contributed by atoms with van der Waals surface area (Å²) in [6, 6.07) is 13.8. The lowest BCUT2D eigenvalue weighted by atomic mass is 10.1. The topological polar surface area (TPSA) is 30.2 Å². The van der Waals surface area contributed by atoms with Crippen LogP contribution in [0.25, 0.3) is 0 Å². The van der Waals surface area contributed by atoms with Crippen molar-refractivity contribution < 1.29 is 9.21 Å². The lowest BCUT2D eigenvalue weighted by Crippen LogP contribution is -1.88. The van der Waals surface area contributed by atoms with Crippen molar-refractivity contribution in [3.8, 4) is 0 Å². The molecule has 1 aromatic carbocycles. The van der Waals surface area contributed by atoms with E-state index < -0.39 is 0 Å². The molecule has 0 bridgehead atoms. The van der Waals surface area contributed by atoms with E-state index in [1.807, 2.05) is 24.3 Å². The number of carbonyl (C=O) groups excluding carboxylic acids is 1. The van der Waals surface area contributed by atoms with Crippen molar-refractivity contribution in [2.45, 2.75) is 12.8 Å². The highest BCUT2D eigenvalue weighted by Gasteiger charge is 2.01. The third-order valence-corrected chi connectivity index (χ3v) is 2.30. The minimum atomic E-state index is 0.401. The molecule has 1 aromatic heterocycles. The lowest BCUT2D eigenvalue weighted by Gasteiger charge is -1.97. The minimum absolute atomic E-state index is 0.401. The zero-order valence-electron chi connectivity index (χ0n) is 8.35. The van der Waals surface area contributed by atoms with Gasteiger partial charge in [-0.3, -0.25) is 4.79 Å². The van der Waals surface area contributed by atoms with E-state index in [-0.39, 0.29) is 0 Å². The molecule has 0 radical (unpaired) electrons. The summed E-state index contributed by atoms with van der Waals surface area (Å²) in [5.41, 5.74) is 1.28. The molecule has 0 saturated carbocycles. The molecule has 76 valence electrons. The van der Waals surface area contributed by atoms with Crippen molar-refractivity contribution in [1.82, 2.24) is 0 Å². The van der Waals surface area contributed by atoms with Gasteiger partial charge in [-0.1, -0.05) is 30.3 Å². The molecule has 2 rings (SSSR count). The molecule has 0 amide bonds. The maximum absolute atomic E-state index is 10.4. The molecule has 2 nitrogen and oxygen atoms in total. The van der Waals surface area contributed by atoms with Crippen LogP contribution < -0.4 is 0 Å². The molecule has 1 heterocycles. The Kier molecular flexibility index (Phi) is 2.98. The first-order chi connectivity index (χ1) is 7.38. The van der Waals surface area contributed by atoms with E-state index in [1.165, 1.54) is 5.56 Å². The van der Waals surface area contributed by atoms with Gasteiger partial charge in [-0.05, 0) is 24.1 Å². The molecule has 0 aliphatic heterocycles. The Balaban J connectivity index is 1.96. The zero-order valence-corrected chi connectivity index (χ0v) is 8.35. The van der Waals surface area contributed by atoms with E-state index >= 15 is 0 Å². The van der Waals surface area contributed by atoms with Crippen LogP contribution in [0, 0.1) is 0 Å². The summed E-state index contributed by atoms with van der Waals surface area (Å²) in [4.78, 5) is 10.4. The summed E-state index contributed by atoms with van der Waals surface area (Å²) >= 11 is 0. The second kappa shape index (κ2) is 4.60. The Hall–Kier alpha value is -1.83. The second-order valence-corrected chi connectivity index (χ2v) is 3.41. The standard InChI is InChI=1S/C13H12O2/c14-10-13-9-8-12(15-13)7-6-11-4-2-1-3-5-11/h1-5,8-10H,6-7H2. The predicted molar refractivity (Wildman–Crippen MR) is 57.9 cm³/mol. The van der Waals surface area contributed by atoms with Gasteiger partial charge in [0.25, 0.3) is 0 Å². The second-order valence-electron chi connectivity index (χ2n) is 3.41. The molecule has 0 unspecified atom stereocenters. The molecule has 15 heavy (non-hydrogen) atoms. The van der Waals surface area contributed by atoms with Gasteiger partial charge in [0.15, 0.2) is 12.0 Å². The molecule has 0 saturated heterocycles. The average Bonchev–Trinajstić information content (AvgIpc) is 2.76. The highest BCUT2D eigenvalue weighted by molar-refractivity contribution is 5.70. The van der Waals surface area contributed by atoms with Gasteiger partial charge in [-0.25, -0.2) is 0 Å². The number of hydrogen-bond acceptors (Lipinski definition) is 2. The smallest absolute Gasteiger partial charge is 0.185 e. The predicted octanol–water partition coefficient (Wildman–Crippen LogP) is 2.88. The van der Waals surface area contributed by atoms with E-state index in [2.05, 4.69) is 12.1 Å². The van der Waals surface area contributed by atoms with Gasteiger partial charge in [0, 0.05) is 6.42 Å². The number of aryl methyl sites for hydroxylation is 2. The SMILES string of the molecule is O=Cc1ccc(CCc2ccccc2)o1. The van der Waals surface area contributed by atoms with Crippen molar-refractivity contribution >= 4 is 6.29 Å². The number of furan rings is 1. The van der Waals surface area contributed by atoms with Gasteiger partial charge in [0.1, 0.15) is 5.76 Å². The van der Waals surface area contributed by atoms with Crippen molar-refractivity contribution in [3.05, 3.63) is 59.5 Å². The van der Waals surface area contributed by atoms with Gasteiger partial charge in [0.05, 0.1) is 0 Å². The van der Waals surface area contributed by atoms with E-state index in [0.717, 1.165) is 24.9 Å². The van der Waals surface area contributed by atoms with Gasteiger partial charge >= 0.3 is 0 Å². The molecular weight excluding hydrogens is 188 g/mol. The van der Waals surface area contributed by atoms with Gasteiger partial charge in [-0.15, -0.1) is 0 Å². The molecule has 2 heteroatoms. The average molecular weight is 200 g/mol. The van der Waals surface area contributed by atoms with Crippen LogP contribution in [0.5, 0.6) is 0 Å². The Morgan fingerprint density at radius 2 is 1.80 bits per heavy atom. The van der Waals surface area contributed by atoms with Crippen LogP contribution in [0.4, 0.5) is 0 Å². The fourth-order valence-corrected chi connectivity index (χ4v) is 1.50. The summed E-state index contributed by atoms with van der Waals surface area (Å²) in [6.07, 6.45) is 2.50. The summed E-state index contributed by atoms with van der Waals surface area (Å²) in [6.45, 7) is 0. The number of hydrogen-bond donors (Lipinski definition) is 0. The van der Waals surface area contributed by atoms with E-state index in [1.54, 1.807) is 6.07 Å². The van der Waals surface area contributed by atoms with Gasteiger partial charge in [-0.2, -0.15) is 0 Å². The van der Waals surface area contributed by atoms with Crippen molar-refractivity contribution in [3.63, 3.8) is 0 Å². The van der Waals surface area contributed by atoms with Crippen LogP contribution >= 0.6 is 0 Å². The number of carbonyl (C=O) groups is 1. The first-order valence-electron chi connectivity index (χ1n) is 4.96. The number of benzene rings is 1. The first-order valence-corrected chi connectivity index (χ1v) is 4.96. The summed E-state index contributed by atoms with van der Waals surface area (Å²) in [7, 11) is 0. The Labute approximate surface area is 88.5 Å². The van der Waals surface area contributed by atoms with Crippen LogP contribution in [0.15, 0.2) is 46.9 Å². The van der Waals surface area contributed by atoms with Crippen molar-refractivity contribution in [2.75, 3.05) is 0 Å². The third kappa shape index (κ3) is 2.56. The fourth-order valence-electron chi connectivity index (χ4n) is 1.50. The molecule has 0 spiro atoms. The van der Waals surface area contributed by atoms with Crippen LogP contribution in [0.3, 0.4) is 0 Å². The van der Waals surface area contributed by atoms with Crippen LogP contribution in [0.1, 0.15) is 21.9 Å². The summed E-state index contributed by atoms with van der Waals surface area (Å²) in [5.74, 6) is 1.26. The number of aldehydes is 1. The molecule has 0 aliphatic rings. The largest absolute Gasteiger partial charge is 0.458 e. The fraction of sp³-hybridized carbons (Fsp3) is 0.154. The van der Waals surface area contributed by atoms with E-state index in [4.69, 9.17) is 4.42 Å². The van der Waals surface area contributed by atoms with Gasteiger partial charge < -0.3 is 4.42 Å². The van der Waals surface area contributed by atoms with Crippen LogP contribution in [-0.4, -0.2) is 6.29 Å². The molecule has 0 aliphatic carbocycles. The molecule has 0 atom stereocenters. The van der Waals surface area contributed by atoms with Crippen LogP contribution in [0.2, 0.25) is 0 Å². The zero-order chi connectivity index (χ0) is 10.5. The maximum Gasteiger partial charge on any atom is 0.185 e. The summed E-state index contributed by atoms with van der Waals surface area (Å²) in [5, 5.41) is 0. The first kappa shape index (κ1) is 9.71. The van der Waals surface area contributed by atoms with Crippen LogP contribution in [-0.2, 0) is 12.8 Å². The van der Waals surface area contributed by atoms with E-state index in [9.17, 15) is 4.79 Å². The summed E-state index contributed by atoms with van der Waals surface area (Å²) < 4.78 is 5.29. The molecule has 2 aromatic rings. The third-order valence-electron chi connectivity index (χ3n) is 2.30. The highest BCUT2D eigenvalue weighted by atomic mass is 16.3. The van der Waals surface area contributed by atoms with Gasteiger partial charge in [0.2, 0.25) is 0 Å². The highest BCUT2D eigenvalue weighted by Crippen LogP contribution is 2.10. The minimum Gasteiger partial charge on any atom is -0.458 e. The maximum atomic E-state index is 10.4. The molecular formula is C13H12O2. The van der Waals surface area contributed by atoms with E-state index in [0.29, 0.717) is 5.76 Å². The lowest BCUT2D eigenvalue weighted by molar-refractivity contribution is 0.109. The molecule has 0 N–H and O–H groups in total. The Bertz CT molecular complexity index is 429.